The van der Waals surface area contributed by atoms with Gasteiger partial charge in [-0.15, -0.1) is 0 Å². The molecule has 8 nitrogen and oxygen atoms in total. The molecule has 0 atom stereocenters. The number of carboxylic acids is 1. The summed E-state index contributed by atoms with van der Waals surface area (Å²) in [5, 5.41) is 13.3. The fraction of sp³-hybridized carbons (Fsp3) is 0.727. The third-order valence-electron chi connectivity index (χ3n) is 1.89. The molecule has 0 aliphatic heterocycles. The normalized spacial score (nSPS) is 9.95. The highest BCUT2D eigenvalue weighted by molar-refractivity contribution is 5.77. The summed E-state index contributed by atoms with van der Waals surface area (Å²) < 4.78 is 10.1. The van der Waals surface area contributed by atoms with Crippen LogP contribution in [-0.4, -0.2) is 62.4 Å². The third kappa shape index (κ3) is 14.3. The van der Waals surface area contributed by atoms with Crippen LogP contribution in [0.1, 0.15) is 13.3 Å². The predicted molar refractivity (Wildman–Crippen MR) is 65.6 cm³/mol. The Morgan fingerprint density at radius 3 is 2.32 bits per heavy atom. The van der Waals surface area contributed by atoms with Crippen molar-refractivity contribution in [2.75, 3.05) is 39.5 Å². The highest BCUT2D eigenvalue weighted by Gasteiger charge is 2.02. The molecule has 0 bridgehead atoms. The Morgan fingerprint density at radius 2 is 1.68 bits per heavy atom. The van der Waals surface area contributed by atoms with E-state index < -0.39 is 5.97 Å². The van der Waals surface area contributed by atoms with Crippen molar-refractivity contribution in [3.63, 3.8) is 0 Å². The third-order valence-corrected chi connectivity index (χ3v) is 1.89. The van der Waals surface area contributed by atoms with E-state index in [2.05, 4.69) is 10.6 Å². The molecule has 0 rings (SSSR count). The smallest absolute Gasteiger partial charge is 0.305 e. The first-order chi connectivity index (χ1) is 9.02. The monoisotopic (exact) mass is 276 g/mol. The molecule has 19 heavy (non-hydrogen) atoms. The van der Waals surface area contributed by atoms with Crippen molar-refractivity contribution in [1.82, 2.24) is 10.6 Å². The van der Waals surface area contributed by atoms with E-state index in [0.29, 0.717) is 19.8 Å². The summed E-state index contributed by atoms with van der Waals surface area (Å²) in [5.74, 6) is -1.44. The first-order valence-electron chi connectivity index (χ1n) is 5.90. The van der Waals surface area contributed by atoms with E-state index in [1.807, 2.05) is 0 Å². The molecule has 110 valence electrons. The zero-order valence-corrected chi connectivity index (χ0v) is 10.9. The van der Waals surface area contributed by atoms with Gasteiger partial charge in [-0.1, -0.05) is 0 Å². The van der Waals surface area contributed by atoms with Gasteiger partial charge in [-0.05, 0) is 0 Å². The zero-order valence-electron chi connectivity index (χ0n) is 10.9. The van der Waals surface area contributed by atoms with E-state index in [0.717, 1.165) is 0 Å². The van der Waals surface area contributed by atoms with E-state index in [1.54, 1.807) is 0 Å². The molecule has 0 fully saturated rings. The lowest BCUT2D eigenvalue weighted by Gasteiger charge is -2.06. The zero-order chi connectivity index (χ0) is 14.5. The van der Waals surface area contributed by atoms with E-state index in [1.165, 1.54) is 6.92 Å². The van der Waals surface area contributed by atoms with Crippen molar-refractivity contribution in [3.05, 3.63) is 0 Å². The fourth-order valence-electron chi connectivity index (χ4n) is 1.04. The minimum atomic E-state index is -0.964. The van der Waals surface area contributed by atoms with Crippen LogP contribution in [0, 0.1) is 0 Å². The van der Waals surface area contributed by atoms with Crippen molar-refractivity contribution >= 4 is 17.8 Å². The van der Waals surface area contributed by atoms with Gasteiger partial charge in [0.25, 0.3) is 0 Å². The van der Waals surface area contributed by atoms with Gasteiger partial charge in [0, 0.05) is 20.0 Å². The standard InChI is InChI=1S/C11H20N2O6/c1-9(14)12-4-5-18-6-7-19-8-10(15)13-3-2-11(16)17/h2-8H2,1H3,(H,12,14)(H,13,15)(H,16,17). The number of carbonyl (C=O) groups is 3. The van der Waals surface area contributed by atoms with Crippen molar-refractivity contribution in [1.29, 1.82) is 0 Å². The van der Waals surface area contributed by atoms with Gasteiger partial charge in [0.2, 0.25) is 11.8 Å². The quantitative estimate of drug-likeness (QED) is 0.406. The molecule has 0 heterocycles. The second kappa shape index (κ2) is 11.4. The maximum absolute atomic E-state index is 11.1. The molecule has 0 aromatic rings. The molecule has 0 spiro atoms. The summed E-state index contributed by atoms with van der Waals surface area (Å²) >= 11 is 0. The summed E-state index contributed by atoms with van der Waals surface area (Å²) in [7, 11) is 0. The lowest BCUT2D eigenvalue weighted by atomic mass is 10.4. The van der Waals surface area contributed by atoms with Crippen molar-refractivity contribution in [3.8, 4) is 0 Å². The van der Waals surface area contributed by atoms with Gasteiger partial charge in [0.05, 0.1) is 26.2 Å². The topological polar surface area (TPSA) is 114 Å². The number of carbonyl (C=O) groups excluding carboxylic acids is 2. The van der Waals surface area contributed by atoms with Crippen LogP contribution < -0.4 is 10.6 Å². The van der Waals surface area contributed by atoms with Gasteiger partial charge in [-0.2, -0.15) is 0 Å². The molecule has 0 unspecified atom stereocenters. The average molecular weight is 276 g/mol. The predicted octanol–water partition coefficient (Wildman–Crippen LogP) is -1.25. The molecule has 0 saturated heterocycles. The number of nitrogens with one attached hydrogen (secondary N) is 2. The Kier molecular flexibility index (Phi) is 10.4. The van der Waals surface area contributed by atoms with Crippen molar-refractivity contribution < 1.29 is 29.0 Å². The SMILES string of the molecule is CC(=O)NCCOCCOCC(=O)NCCC(=O)O. The van der Waals surface area contributed by atoms with Crippen LogP contribution in [0.5, 0.6) is 0 Å². The first kappa shape index (κ1) is 17.3. The summed E-state index contributed by atoms with van der Waals surface area (Å²) in [6, 6.07) is 0. The Morgan fingerprint density at radius 1 is 1.00 bits per heavy atom. The lowest BCUT2D eigenvalue weighted by Crippen LogP contribution is -2.30. The maximum atomic E-state index is 11.1. The second-order valence-corrected chi connectivity index (χ2v) is 3.64. The minimum absolute atomic E-state index is 0.0880. The first-order valence-corrected chi connectivity index (χ1v) is 5.90. The van der Waals surface area contributed by atoms with Gasteiger partial charge >= 0.3 is 5.97 Å². The summed E-state index contributed by atoms with van der Waals surface area (Å²) in [5.41, 5.74) is 0. The minimum Gasteiger partial charge on any atom is -0.481 e. The molecule has 0 saturated carbocycles. The van der Waals surface area contributed by atoms with Crippen LogP contribution in [0.3, 0.4) is 0 Å². The van der Waals surface area contributed by atoms with Crippen LogP contribution >= 0.6 is 0 Å². The molecular weight excluding hydrogens is 256 g/mol. The van der Waals surface area contributed by atoms with Gasteiger partial charge < -0.3 is 25.2 Å². The van der Waals surface area contributed by atoms with Crippen LogP contribution in [0.25, 0.3) is 0 Å². The average Bonchev–Trinajstić information content (AvgIpc) is 2.31. The maximum Gasteiger partial charge on any atom is 0.305 e. The molecule has 0 aliphatic rings. The van der Waals surface area contributed by atoms with Crippen LogP contribution in [0.4, 0.5) is 0 Å². The molecule has 3 N–H and O–H groups in total. The van der Waals surface area contributed by atoms with Crippen LogP contribution in [-0.2, 0) is 23.9 Å². The number of amides is 2. The van der Waals surface area contributed by atoms with Gasteiger partial charge in [0.1, 0.15) is 6.61 Å². The Balaban J connectivity index is 3.23. The van der Waals surface area contributed by atoms with Gasteiger partial charge in [-0.3, -0.25) is 14.4 Å². The molecule has 0 aliphatic carbocycles. The fourth-order valence-corrected chi connectivity index (χ4v) is 1.04. The summed E-state index contributed by atoms with van der Waals surface area (Å²) in [4.78, 5) is 31.8. The van der Waals surface area contributed by atoms with E-state index >= 15 is 0 Å². The Labute approximate surface area is 111 Å². The molecule has 0 aromatic carbocycles. The Bertz CT molecular complexity index is 295. The van der Waals surface area contributed by atoms with E-state index in [9.17, 15) is 14.4 Å². The Hall–Kier alpha value is -1.67. The van der Waals surface area contributed by atoms with Crippen LogP contribution in [0.15, 0.2) is 0 Å². The summed E-state index contributed by atoms with van der Waals surface area (Å²) in [6.45, 7) is 2.78. The summed E-state index contributed by atoms with van der Waals surface area (Å²) in [6.07, 6.45) is -0.113. The molecule has 2 amide bonds. The highest BCUT2D eigenvalue weighted by atomic mass is 16.5. The number of aliphatic carboxylic acids is 1. The van der Waals surface area contributed by atoms with E-state index in [-0.39, 0.29) is 38.0 Å². The number of hydrogen-bond donors (Lipinski definition) is 3. The highest BCUT2D eigenvalue weighted by Crippen LogP contribution is 1.81. The number of rotatable bonds is 11. The largest absolute Gasteiger partial charge is 0.481 e. The van der Waals surface area contributed by atoms with Crippen molar-refractivity contribution in [2.24, 2.45) is 0 Å². The number of hydrogen-bond acceptors (Lipinski definition) is 5. The van der Waals surface area contributed by atoms with E-state index in [4.69, 9.17) is 14.6 Å². The second-order valence-electron chi connectivity index (χ2n) is 3.64. The number of carboxylic acid groups (broad SMARTS) is 1. The molecule has 0 aromatic heterocycles. The van der Waals surface area contributed by atoms with Crippen molar-refractivity contribution in [2.45, 2.75) is 13.3 Å². The molecule has 8 heteroatoms. The number of ether oxygens (including phenoxy) is 2. The van der Waals surface area contributed by atoms with Gasteiger partial charge in [0.15, 0.2) is 0 Å². The molecular formula is C11H20N2O6. The lowest BCUT2D eigenvalue weighted by molar-refractivity contribution is -0.137. The van der Waals surface area contributed by atoms with Crippen LogP contribution in [0.2, 0.25) is 0 Å². The van der Waals surface area contributed by atoms with Gasteiger partial charge in [-0.25, -0.2) is 0 Å². The molecule has 0 radical (unpaired) electrons.